The van der Waals surface area contributed by atoms with Crippen LogP contribution < -0.4 is 0 Å². The summed E-state index contributed by atoms with van der Waals surface area (Å²) in [6.07, 6.45) is 0. The molecule has 0 aromatic heterocycles. The molecule has 0 spiro atoms. The standard InChI is InChI=1S/C8H5Cl2FO/c1-4-2-6(9)5(8(10)12)3-7(4)11/h2-3H,1H3. The molecule has 0 aliphatic rings. The first-order chi connectivity index (χ1) is 5.52. The number of rotatable bonds is 1. The maximum atomic E-state index is 12.9. The van der Waals surface area contributed by atoms with Gasteiger partial charge < -0.3 is 0 Å². The molecule has 0 heterocycles. The van der Waals surface area contributed by atoms with Gasteiger partial charge in [-0.2, -0.15) is 0 Å². The number of halogens is 3. The smallest absolute Gasteiger partial charge is 0.253 e. The zero-order valence-corrected chi connectivity index (χ0v) is 7.71. The van der Waals surface area contributed by atoms with Gasteiger partial charge in [-0.3, -0.25) is 4.79 Å². The molecule has 1 rings (SSSR count). The van der Waals surface area contributed by atoms with E-state index in [2.05, 4.69) is 0 Å². The van der Waals surface area contributed by atoms with Gasteiger partial charge in [-0.05, 0) is 36.2 Å². The summed E-state index contributed by atoms with van der Waals surface area (Å²) < 4.78 is 12.9. The van der Waals surface area contributed by atoms with Gasteiger partial charge in [0.2, 0.25) is 0 Å². The van der Waals surface area contributed by atoms with E-state index in [-0.39, 0.29) is 10.6 Å². The zero-order valence-electron chi connectivity index (χ0n) is 6.20. The number of carbonyl (C=O) groups excluding carboxylic acids is 1. The molecule has 12 heavy (non-hydrogen) atoms. The summed E-state index contributed by atoms with van der Waals surface area (Å²) >= 11 is 10.8. The van der Waals surface area contributed by atoms with Crippen molar-refractivity contribution in [2.75, 3.05) is 0 Å². The second-order valence-electron chi connectivity index (χ2n) is 2.35. The van der Waals surface area contributed by atoms with Gasteiger partial charge in [0, 0.05) is 0 Å². The lowest BCUT2D eigenvalue weighted by Gasteiger charge is -2.00. The first kappa shape index (κ1) is 9.49. The molecule has 64 valence electrons. The minimum Gasteiger partial charge on any atom is -0.276 e. The molecule has 0 amide bonds. The predicted octanol–water partition coefficient (Wildman–Crippen LogP) is 3.17. The molecule has 0 bridgehead atoms. The van der Waals surface area contributed by atoms with Crippen molar-refractivity contribution < 1.29 is 9.18 Å². The van der Waals surface area contributed by atoms with Crippen molar-refractivity contribution in [1.82, 2.24) is 0 Å². The summed E-state index contributed by atoms with van der Waals surface area (Å²) in [6.45, 7) is 1.56. The third kappa shape index (κ3) is 1.76. The Bertz CT molecular complexity index is 336. The van der Waals surface area contributed by atoms with E-state index in [0.29, 0.717) is 5.56 Å². The van der Waals surface area contributed by atoms with Crippen LogP contribution in [0.5, 0.6) is 0 Å². The van der Waals surface area contributed by atoms with Gasteiger partial charge >= 0.3 is 0 Å². The third-order valence-electron chi connectivity index (χ3n) is 1.46. The SMILES string of the molecule is Cc1cc(Cl)c(C(=O)Cl)cc1F. The molecule has 0 N–H and O–H groups in total. The largest absolute Gasteiger partial charge is 0.276 e. The van der Waals surface area contributed by atoms with Gasteiger partial charge in [-0.15, -0.1) is 0 Å². The zero-order chi connectivity index (χ0) is 9.30. The van der Waals surface area contributed by atoms with Crippen LogP contribution in [0.2, 0.25) is 5.02 Å². The highest BCUT2D eigenvalue weighted by atomic mass is 35.5. The fourth-order valence-corrected chi connectivity index (χ4v) is 1.31. The average Bonchev–Trinajstić information content (AvgIpc) is 1.96. The van der Waals surface area contributed by atoms with E-state index in [0.717, 1.165) is 6.07 Å². The van der Waals surface area contributed by atoms with Crippen LogP contribution in [0.4, 0.5) is 4.39 Å². The van der Waals surface area contributed by atoms with Crippen molar-refractivity contribution in [3.8, 4) is 0 Å². The van der Waals surface area contributed by atoms with Crippen LogP contribution in [-0.4, -0.2) is 5.24 Å². The van der Waals surface area contributed by atoms with Crippen LogP contribution in [-0.2, 0) is 0 Å². The molecule has 1 aromatic carbocycles. The van der Waals surface area contributed by atoms with Crippen molar-refractivity contribution in [2.45, 2.75) is 6.92 Å². The summed E-state index contributed by atoms with van der Waals surface area (Å²) in [5, 5.41) is -0.576. The van der Waals surface area contributed by atoms with Gasteiger partial charge in [0.25, 0.3) is 5.24 Å². The highest BCUT2D eigenvalue weighted by molar-refractivity contribution is 6.68. The monoisotopic (exact) mass is 206 g/mol. The maximum absolute atomic E-state index is 12.9. The second-order valence-corrected chi connectivity index (χ2v) is 3.11. The Labute approximate surface area is 79.1 Å². The van der Waals surface area contributed by atoms with Crippen molar-refractivity contribution in [2.24, 2.45) is 0 Å². The van der Waals surface area contributed by atoms with Crippen molar-refractivity contribution >= 4 is 28.4 Å². The normalized spacial score (nSPS) is 10.0. The lowest BCUT2D eigenvalue weighted by Crippen LogP contribution is -1.93. The Balaban J connectivity index is 3.33. The molecule has 0 radical (unpaired) electrons. The fourth-order valence-electron chi connectivity index (χ4n) is 0.797. The molecule has 1 nitrogen and oxygen atoms in total. The molecule has 0 aliphatic carbocycles. The van der Waals surface area contributed by atoms with Gasteiger partial charge in [0.15, 0.2) is 0 Å². The van der Waals surface area contributed by atoms with Gasteiger partial charge in [-0.25, -0.2) is 4.39 Å². The Morgan fingerprint density at radius 2 is 2.08 bits per heavy atom. The first-order valence-corrected chi connectivity index (χ1v) is 3.93. The van der Waals surface area contributed by atoms with E-state index < -0.39 is 11.1 Å². The molecule has 0 saturated heterocycles. The first-order valence-electron chi connectivity index (χ1n) is 3.18. The van der Waals surface area contributed by atoms with E-state index in [1.165, 1.54) is 6.07 Å². The molecule has 0 unspecified atom stereocenters. The minimum atomic E-state index is -0.751. The molecule has 1 aromatic rings. The van der Waals surface area contributed by atoms with E-state index in [4.69, 9.17) is 23.2 Å². The van der Waals surface area contributed by atoms with Gasteiger partial charge in [0.05, 0.1) is 10.6 Å². The average molecular weight is 207 g/mol. The summed E-state index contributed by atoms with van der Waals surface area (Å²) in [4.78, 5) is 10.6. The van der Waals surface area contributed by atoms with E-state index in [1.54, 1.807) is 6.92 Å². The molecule has 0 atom stereocenters. The number of hydrogen-bond acceptors (Lipinski definition) is 1. The molecular formula is C8H5Cl2FO. The van der Waals surface area contributed by atoms with Crippen LogP contribution in [0.1, 0.15) is 15.9 Å². The van der Waals surface area contributed by atoms with Crippen molar-refractivity contribution in [3.05, 3.63) is 34.1 Å². The fraction of sp³-hybridized carbons (Fsp3) is 0.125. The van der Waals surface area contributed by atoms with Crippen LogP contribution in [0.25, 0.3) is 0 Å². The Hall–Kier alpha value is -0.600. The summed E-state index contributed by atoms with van der Waals surface area (Å²) in [7, 11) is 0. The minimum absolute atomic E-state index is 0.00133. The Kier molecular flexibility index (Phi) is 2.70. The molecule has 0 fully saturated rings. The highest BCUT2D eigenvalue weighted by Crippen LogP contribution is 2.21. The quantitative estimate of drug-likeness (QED) is 0.646. The van der Waals surface area contributed by atoms with E-state index >= 15 is 0 Å². The van der Waals surface area contributed by atoms with Crippen LogP contribution in [0.3, 0.4) is 0 Å². The summed E-state index contributed by atoms with van der Waals surface area (Å²) in [6, 6.07) is 2.40. The van der Waals surface area contributed by atoms with Gasteiger partial charge in [-0.1, -0.05) is 11.6 Å². The number of benzene rings is 1. The van der Waals surface area contributed by atoms with E-state index in [9.17, 15) is 9.18 Å². The molecular weight excluding hydrogens is 202 g/mol. The molecule has 4 heteroatoms. The topological polar surface area (TPSA) is 17.1 Å². The third-order valence-corrected chi connectivity index (χ3v) is 1.98. The highest BCUT2D eigenvalue weighted by Gasteiger charge is 2.10. The summed E-state index contributed by atoms with van der Waals surface area (Å²) in [5.41, 5.74) is 0.392. The summed E-state index contributed by atoms with van der Waals surface area (Å²) in [5.74, 6) is -0.483. The molecule has 0 saturated carbocycles. The number of carbonyl (C=O) groups is 1. The predicted molar refractivity (Wildman–Crippen MR) is 46.3 cm³/mol. The Morgan fingerprint density at radius 3 is 2.58 bits per heavy atom. The number of aryl methyl sites for hydroxylation is 1. The maximum Gasteiger partial charge on any atom is 0.253 e. The Morgan fingerprint density at radius 1 is 1.50 bits per heavy atom. The van der Waals surface area contributed by atoms with Crippen molar-refractivity contribution in [3.63, 3.8) is 0 Å². The van der Waals surface area contributed by atoms with E-state index in [1.807, 2.05) is 0 Å². The second kappa shape index (κ2) is 3.42. The van der Waals surface area contributed by atoms with Crippen LogP contribution in [0, 0.1) is 12.7 Å². The lowest BCUT2D eigenvalue weighted by molar-refractivity contribution is 0.108. The molecule has 0 aliphatic heterocycles. The van der Waals surface area contributed by atoms with Crippen LogP contribution in [0.15, 0.2) is 12.1 Å². The van der Waals surface area contributed by atoms with Crippen molar-refractivity contribution in [1.29, 1.82) is 0 Å². The lowest BCUT2D eigenvalue weighted by atomic mass is 10.1. The van der Waals surface area contributed by atoms with Gasteiger partial charge in [0.1, 0.15) is 5.82 Å². The number of hydrogen-bond donors (Lipinski definition) is 0. The van der Waals surface area contributed by atoms with Crippen LogP contribution >= 0.6 is 23.2 Å².